The van der Waals surface area contributed by atoms with Crippen LogP contribution >= 0.6 is 27.3 Å². The summed E-state index contributed by atoms with van der Waals surface area (Å²) in [5, 5.41) is 11.4. The van der Waals surface area contributed by atoms with E-state index in [9.17, 15) is 5.11 Å². The van der Waals surface area contributed by atoms with Crippen molar-refractivity contribution in [1.29, 1.82) is 0 Å². The average molecular weight is 300 g/mol. The van der Waals surface area contributed by atoms with Crippen LogP contribution in [0.1, 0.15) is 4.88 Å². The lowest BCUT2D eigenvalue weighted by molar-refractivity contribution is 0.309. The van der Waals surface area contributed by atoms with Crippen molar-refractivity contribution >= 4 is 33.0 Å². The molecule has 1 aromatic carbocycles. The summed E-state index contributed by atoms with van der Waals surface area (Å²) in [6, 6.07) is 6.93. The number of benzene rings is 1. The van der Waals surface area contributed by atoms with Gasteiger partial charge in [0.05, 0.1) is 4.88 Å². The molecule has 16 heavy (non-hydrogen) atoms. The monoisotopic (exact) mass is 299 g/mol. The van der Waals surface area contributed by atoms with Gasteiger partial charge in [0.2, 0.25) is 0 Å². The van der Waals surface area contributed by atoms with Crippen molar-refractivity contribution in [3.63, 3.8) is 0 Å². The lowest BCUT2D eigenvalue weighted by atomic mass is 10.3. The molecule has 3 N–H and O–H groups in total. The number of nitrogen functional groups attached to an aromatic ring is 1. The summed E-state index contributed by atoms with van der Waals surface area (Å²) in [5.74, 6) is 0.544. The lowest BCUT2D eigenvalue weighted by Crippen LogP contribution is -1.97. The predicted molar refractivity (Wildman–Crippen MR) is 68.9 cm³/mol. The molecule has 2 rings (SSSR count). The maximum atomic E-state index is 9.40. The second-order valence-electron chi connectivity index (χ2n) is 3.17. The maximum absolute atomic E-state index is 9.40. The van der Waals surface area contributed by atoms with Crippen molar-refractivity contribution < 1.29 is 9.84 Å². The molecule has 0 unspecified atom stereocenters. The van der Waals surface area contributed by atoms with E-state index in [1.165, 1.54) is 6.07 Å². The molecule has 0 amide bonds. The Hall–Kier alpha value is -1.20. The number of hydrogen-bond acceptors (Lipinski definition) is 4. The van der Waals surface area contributed by atoms with Crippen LogP contribution in [0.5, 0.6) is 11.5 Å². The Balaban J connectivity index is 2.11. The van der Waals surface area contributed by atoms with Crippen molar-refractivity contribution in [1.82, 2.24) is 0 Å². The predicted octanol–water partition coefficient (Wildman–Crippen LogP) is 3.38. The number of halogens is 1. The Labute approximate surface area is 106 Å². The molecule has 0 atom stereocenters. The van der Waals surface area contributed by atoms with Crippen molar-refractivity contribution in [2.24, 2.45) is 0 Å². The van der Waals surface area contributed by atoms with Gasteiger partial charge in [0.25, 0.3) is 0 Å². The zero-order valence-electron chi connectivity index (χ0n) is 8.31. The van der Waals surface area contributed by atoms with E-state index in [1.54, 1.807) is 23.5 Å². The number of phenols is 1. The summed E-state index contributed by atoms with van der Waals surface area (Å²) in [7, 11) is 0. The largest absolute Gasteiger partial charge is 0.506 e. The van der Waals surface area contributed by atoms with E-state index in [0.29, 0.717) is 12.4 Å². The molecule has 0 aliphatic heterocycles. The highest BCUT2D eigenvalue weighted by Crippen LogP contribution is 2.31. The number of para-hydroxylation sites is 1. The van der Waals surface area contributed by atoms with Gasteiger partial charge in [-0.15, -0.1) is 11.3 Å². The Kier molecular flexibility index (Phi) is 3.36. The highest BCUT2D eigenvalue weighted by Gasteiger charge is 2.06. The third-order valence-electron chi connectivity index (χ3n) is 2.09. The molecule has 0 saturated heterocycles. The molecule has 0 bridgehead atoms. The van der Waals surface area contributed by atoms with E-state index in [-0.39, 0.29) is 11.4 Å². The van der Waals surface area contributed by atoms with Crippen LogP contribution < -0.4 is 10.5 Å². The highest BCUT2D eigenvalue weighted by molar-refractivity contribution is 9.10. The van der Waals surface area contributed by atoms with Crippen molar-refractivity contribution in [2.45, 2.75) is 6.61 Å². The SMILES string of the molecule is Nc1c(O)cccc1OCc1sccc1Br. The van der Waals surface area contributed by atoms with Crippen LogP contribution in [-0.4, -0.2) is 5.11 Å². The Bertz CT molecular complexity index is 498. The molecule has 3 nitrogen and oxygen atoms in total. The number of rotatable bonds is 3. The molecule has 0 saturated carbocycles. The number of nitrogens with two attached hydrogens (primary N) is 1. The van der Waals surface area contributed by atoms with Crippen molar-refractivity contribution in [3.8, 4) is 11.5 Å². The van der Waals surface area contributed by atoms with Crippen LogP contribution in [0.4, 0.5) is 5.69 Å². The van der Waals surface area contributed by atoms with Gasteiger partial charge in [-0.05, 0) is 39.5 Å². The van der Waals surface area contributed by atoms with Gasteiger partial charge in [-0.25, -0.2) is 0 Å². The molecule has 0 fully saturated rings. The number of anilines is 1. The zero-order chi connectivity index (χ0) is 11.5. The van der Waals surface area contributed by atoms with E-state index in [4.69, 9.17) is 10.5 Å². The van der Waals surface area contributed by atoms with Gasteiger partial charge in [0.1, 0.15) is 23.8 Å². The van der Waals surface area contributed by atoms with E-state index < -0.39 is 0 Å². The van der Waals surface area contributed by atoms with Crippen molar-refractivity contribution in [3.05, 3.63) is 39.0 Å². The van der Waals surface area contributed by atoms with Gasteiger partial charge >= 0.3 is 0 Å². The molecule has 2 aromatic rings. The standard InChI is InChI=1S/C11H10BrNO2S/c12-7-4-5-16-10(7)6-15-9-3-1-2-8(14)11(9)13/h1-5,14H,6,13H2. The van der Waals surface area contributed by atoms with E-state index >= 15 is 0 Å². The molecule has 0 aliphatic rings. The quantitative estimate of drug-likeness (QED) is 0.675. The summed E-state index contributed by atoms with van der Waals surface area (Å²) in [6.07, 6.45) is 0. The third-order valence-corrected chi connectivity index (χ3v) is 3.99. The summed E-state index contributed by atoms with van der Waals surface area (Å²) in [4.78, 5) is 1.09. The van der Waals surface area contributed by atoms with Gasteiger partial charge in [-0.3, -0.25) is 0 Å². The second-order valence-corrected chi connectivity index (χ2v) is 5.02. The molecule has 0 radical (unpaired) electrons. The molecular formula is C11H10BrNO2S. The molecule has 5 heteroatoms. The fourth-order valence-corrected chi connectivity index (χ4v) is 2.61. The number of hydrogen-bond donors (Lipinski definition) is 2. The summed E-state index contributed by atoms with van der Waals surface area (Å²) in [5.41, 5.74) is 5.95. The lowest BCUT2D eigenvalue weighted by Gasteiger charge is -2.08. The third kappa shape index (κ3) is 2.31. The minimum atomic E-state index is 0.0442. The van der Waals surface area contributed by atoms with E-state index in [1.807, 2.05) is 11.4 Å². The summed E-state index contributed by atoms with van der Waals surface area (Å²) >= 11 is 5.03. The minimum absolute atomic E-state index is 0.0442. The van der Waals surface area contributed by atoms with Crippen molar-refractivity contribution in [2.75, 3.05) is 5.73 Å². The molecular weight excluding hydrogens is 290 g/mol. The molecule has 84 valence electrons. The summed E-state index contributed by atoms with van der Waals surface area (Å²) < 4.78 is 6.56. The van der Waals surface area contributed by atoms with Crippen LogP contribution in [0.2, 0.25) is 0 Å². The molecule has 0 aliphatic carbocycles. The minimum Gasteiger partial charge on any atom is -0.506 e. The Morgan fingerprint density at radius 1 is 1.38 bits per heavy atom. The zero-order valence-corrected chi connectivity index (χ0v) is 10.7. The van der Waals surface area contributed by atoms with Crippen LogP contribution in [0.3, 0.4) is 0 Å². The van der Waals surface area contributed by atoms with Gasteiger partial charge in [-0.1, -0.05) is 6.07 Å². The average Bonchev–Trinajstić information content (AvgIpc) is 2.67. The molecule has 1 heterocycles. The molecule has 0 spiro atoms. The second kappa shape index (κ2) is 4.76. The first kappa shape index (κ1) is 11.3. The fourth-order valence-electron chi connectivity index (χ4n) is 1.23. The van der Waals surface area contributed by atoms with Gasteiger partial charge < -0.3 is 15.6 Å². The van der Waals surface area contributed by atoms with Gasteiger partial charge in [0.15, 0.2) is 0 Å². The number of phenolic OH excluding ortho intramolecular Hbond substituents is 1. The number of ether oxygens (including phenoxy) is 1. The smallest absolute Gasteiger partial charge is 0.146 e. The normalized spacial score (nSPS) is 10.3. The van der Waals surface area contributed by atoms with Crippen LogP contribution in [-0.2, 0) is 6.61 Å². The Morgan fingerprint density at radius 3 is 2.88 bits per heavy atom. The van der Waals surface area contributed by atoms with Crippen LogP contribution in [0.25, 0.3) is 0 Å². The van der Waals surface area contributed by atoms with E-state index in [2.05, 4.69) is 15.9 Å². The Morgan fingerprint density at radius 2 is 2.19 bits per heavy atom. The topological polar surface area (TPSA) is 55.5 Å². The van der Waals surface area contributed by atoms with Gasteiger partial charge in [-0.2, -0.15) is 0 Å². The highest BCUT2D eigenvalue weighted by atomic mass is 79.9. The fraction of sp³-hybridized carbons (Fsp3) is 0.0909. The first-order chi connectivity index (χ1) is 7.68. The maximum Gasteiger partial charge on any atom is 0.146 e. The molecule has 1 aromatic heterocycles. The number of aromatic hydroxyl groups is 1. The first-order valence-electron chi connectivity index (χ1n) is 4.60. The first-order valence-corrected chi connectivity index (χ1v) is 6.28. The van der Waals surface area contributed by atoms with Gasteiger partial charge in [0, 0.05) is 4.47 Å². The van der Waals surface area contributed by atoms with Crippen LogP contribution in [0, 0.1) is 0 Å². The number of thiophene rings is 1. The van der Waals surface area contributed by atoms with E-state index in [0.717, 1.165) is 9.35 Å². The van der Waals surface area contributed by atoms with Crippen LogP contribution in [0.15, 0.2) is 34.1 Å². The summed E-state index contributed by atoms with van der Waals surface area (Å²) in [6.45, 7) is 0.436.